The predicted octanol–water partition coefficient (Wildman–Crippen LogP) is -0.425. The molecule has 0 bridgehead atoms. The van der Waals surface area contributed by atoms with Gasteiger partial charge in [0.1, 0.15) is 12.9 Å². The largest absolute Gasteiger partial charge is 0.369 e. The summed E-state index contributed by atoms with van der Waals surface area (Å²) in [5.74, 6) is 0. The molecule has 4 nitrogen and oxygen atoms in total. The third-order valence-electron chi connectivity index (χ3n) is 1.13. The van der Waals surface area contributed by atoms with Crippen LogP contribution in [0.5, 0.6) is 0 Å². The maximum absolute atomic E-state index is 9.77. The number of hydrogen-bond donors (Lipinski definition) is 0. The van der Waals surface area contributed by atoms with Crippen molar-refractivity contribution in [2.24, 2.45) is 0 Å². The molecule has 1 aliphatic heterocycles. The molecule has 0 spiro atoms. The monoisotopic (exact) mass is 146 g/mol. The number of aldehydes is 1. The summed E-state index contributed by atoms with van der Waals surface area (Å²) in [6, 6.07) is 0. The average Bonchev–Trinajstić information content (AvgIpc) is 2.41. The van der Waals surface area contributed by atoms with E-state index in [4.69, 9.17) is 14.2 Å². The van der Waals surface area contributed by atoms with Crippen molar-refractivity contribution in [3.05, 3.63) is 0 Å². The van der Waals surface area contributed by atoms with Gasteiger partial charge in [0.15, 0.2) is 6.29 Å². The summed E-state index contributed by atoms with van der Waals surface area (Å²) in [5.41, 5.74) is 0. The Hall–Kier alpha value is -0.450. The van der Waals surface area contributed by atoms with Gasteiger partial charge in [-0.2, -0.15) is 0 Å². The minimum atomic E-state index is -0.264. The second kappa shape index (κ2) is 4.38. The van der Waals surface area contributed by atoms with Crippen molar-refractivity contribution < 1.29 is 19.0 Å². The summed E-state index contributed by atoms with van der Waals surface area (Å²) < 4.78 is 14.9. The van der Waals surface area contributed by atoms with Gasteiger partial charge in [-0.1, -0.05) is 0 Å². The molecule has 1 rings (SSSR count). The molecule has 0 radical (unpaired) electrons. The highest BCUT2D eigenvalue weighted by Crippen LogP contribution is 2.02. The van der Waals surface area contributed by atoms with Gasteiger partial charge in [-0.25, -0.2) is 0 Å². The molecule has 58 valence electrons. The van der Waals surface area contributed by atoms with Crippen molar-refractivity contribution in [2.45, 2.75) is 6.29 Å². The minimum Gasteiger partial charge on any atom is -0.369 e. The second-order valence-corrected chi connectivity index (χ2v) is 1.88. The van der Waals surface area contributed by atoms with E-state index >= 15 is 0 Å². The quantitative estimate of drug-likeness (QED) is 0.399. The zero-order chi connectivity index (χ0) is 7.23. The molecule has 1 aliphatic rings. The average molecular weight is 146 g/mol. The molecule has 0 aromatic heterocycles. The lowest BCUT2D eigenvalue weighted by Crippen LogP contribution is -2.16. The van der Waals surface area contributed by atoms with Crippen LogP contribution in [0, 0.1) is 0 Å². The molecule has 0 N–H and O–H groups in total. The van der Waals surface area contributed by atoms with Crippen molar-refractivity contribution in [1.82, 2.24) is 0 Å². The van der Waals surface area contributed by atoms with Gasteiger partial charge in [-0.3, -0.25) is 0 Å². The molecular weight excluding hydrogens is 136 g/mol. The van der Waals surface area contributed by atoms with Crippen LogP contribution in [0.1, 0.15) is 0 Å². The second-order valence-electron chi connectivity index (χ2n) is 1.88. The summed E-state index contributed by atoms with van der Waals surface area (Å²) >= 11 is 0. The summed E-state index contributed by atoms with van der Waals surface area (Å²) in [6.45, 7) is 1.70. The Kier molecular flexibility index (Phi) is 3.35. The normalized spacial score (nSPS) is 19.6. The molecule has 0 aromatic carbocycles. The molecule has 10 heavy (non-hydrogen) atoms. The summed E-state index contributed by atoms with van der Waals surface area (Å²) in [6.07, 6.45) is 0.439. The topological polar surface area (TPSA) is 44.8 Å². The van der Waals surface area contributed by atoms with Gasteiger partial charge >= 0.3 is 0 Å². The zero-order valence-corrected chi connectivity index (χ0v) is 5.62. The van der Waals surface area contributed by atoms with E-state index in [1.54, 1.807) is 0 Å². The highest BCUT2D eigenvalue weighted by Gasteiger charge is 2.14. The van der Waals surface area contributed by atoms with Gasteiger partial charge in [0.05, 0.1) is 19.8 Å². The standard InChI is InChI=1S/C6H10O4/c7-1-2-8-5-6-9-3-4-10-6/h1,6H,2-5H2. The summed E-state index contributed by atoms with van der Waals surface area (Å²) in [4.78, 5) is 9.77. The van der Waals surface area contributed by atoms with Crippen molar-refractivity contribution in [3.63, 3.8) is 0 Å². The molecule has 4 heteroatoms. The third kappa shape index (κ3) is 2.43. The minimum absolute atomic E-state index is 0.114. The van der Waals surface area contributed by atoms with Crippen LogP contribution in [0.15, 0.2) is 0 Å². The van der Waals surface area contributed by atoms with Crippen LogP contribution in [-0.4, -0.2) is 39.0 Å². The summed E-state index contributed by atoms with van der Waals surface area (Å²) in [7, 11) is 0. The first-order valence-corrected chi connectivity index (χ1v) is 3.18. The van der Waals surface area contributed by atoms with Gasteiger partial charge < -0.3 is 19.0 Å². The van der Waals surface area contributed by atoms with E-state index < -0.39 is 0 Å². The SMILES string of the molecule is O=CCOCC1OCCO1. The Morgan fingerprint density at radius 1 is 1.50 bits per heavy atom. The molecule has 0 saturated carbocycles. The maximum Gasteiger partial charge on any atom is 0.181 e. The van der Waals surface area contributed by atoms with E-state index in [2.05, 4.69) is 0 Å². The Balaban J connectivity index is 1.96. The highest BCUT2D eigenvalue weighted by atomic mass is 16.7. The third-order valence-corrected chi connectivity index (χ3v) is 1.13. The van der Waals surface area contributed by atoms with Gasteiger partial charge in [-0.05, 0) is 0 Å². The van der Waals surface area contributed by atoms with Crippen LogP contribution in [0.3, 0.4) is 0 Å². The lowest BCUT2D eigenvalue weighted by Gasteiger charge is -2.06. The van der Waals surface area contributed by atoms with E-state index in [-0.39, 0.29) is 12.9 Å². The molecule has 1 heterocycles. The Bertz CT molecular complexity index is 97.9. The highest BCUT2D eigenvalue weighted by molar-refractivity contribution is 5.50. The molecule has 0 unspecified atom stereocenters. The molecule has 0 aromatic rings. The van der Waals surface area contributed by atoms with E-state index in [9.17, 15) is 4.79 Å². The van der Waals surface area contributed by atoms with Crippen molar-refractivity contribution in [3.8, 4) is 0 Å². The number of ether oxygens (including phenoxy) is 3. The van der Waals surface area contributed by atoms with Crippen LogP contribution in [0.2, 0.25) is 0 Å². The van der Waals surface area contributed by atoms with E-state index in [0.717, 1.165) is 0 Å². The predicted molar refractivity (Wildman–Crippen MR) is 32.6 cm³/mol. The van der Waals surface area contributed by atoms with E-state index in [1.165, 1.54) is 0 Å². The van der Waals surface area contributed by atoms with Gasteiger partial charge in [0, 0.05) is 0 Å². The van der Waals surface area contributed by atoms with Gasteiger partial charge in [0.25, 0.3) is 0 Å². The fourth-order valence-corrected chi connectivity index (χ4v) is 0.716. The van der Waals surface area contributed by atoms with Crippen molar-refractivity contribution in [1.29, 1.82) is 0 Å². The van der Waals surface area contributed by atoms with E-state index in [1.807, 2.05) is 0 Å². The molecule has 1 saturated heterocycles. The number of hydrogen-bond acceptors (Lipinski definition) is 4. The molecule has 0 amide bonds. The maximum atomic E-state index is 9.77. The summed E-state index contributed by atoms with van der Waals surface area (Å²) in [5, 5.41) is 0. The van der Waals surface area contributed by atoms with Gasteiger partial charge in [-0.15, -0.1) is 0 Å². The molecule has 0 atom stereocenters. The first-order valence-electron chi connectivity index (χ1n) is 3.18. The molecule has 1 fully saturated rings. The fourth-order valence-electron chi connectivity index (χ4n) is 0.716. The number of carbonyl (C=O) groups excluding carboxylic acids is 1. The van der Waals surface area contributed by atoms with Crippen LogP contribution in [0.25, 0.3) is 0 Å². The van der Waals surface area contributed by atoms with Crippen LogP contribution in [-0.2, 0) is 19.0 Å². The van der Waals surface area contributed by atoms with Crippen LogP contribution in [0.4, 0.5) is 0 Å². The Labute approximate surface area is 59.1 Å². The van der Waals surface area contributed by atoms with Crippen molar-refractivity contribution in [2.75, 3.05) is 26.4 Å². The lowest BCUT2D eigenvalue weighted by atomic mass is 10.7. The first kappa shape index (κ1) is 7.65. The number of rotatable bonds is 4. The lowest BCUT2D eigenvalue weighted by molar-refractivity contribution is -0.119. The Morgan fingerprint density at radius 3 is 2.80 bits per heavy atom. The smallest absolute Gasteiger partial charge is 0.181 e. The molecule has 0 aliphatic carbocycles. The Morgan fingerprint density at radius 2 is 2.20 bits per heavy atom. The van der Waals surface area contributed by atoms with Crippen LogP contribution < -0.4 is 0 Å². The first-order chi connectivity index (χ1) is 4.93. The zero-order valence-electron chi connectivity index (χ0n) is 5.62. The van der Waals surface area contributed by atoms with Gasteiger partial charge in [0.2, 0.25) is 0 Å². The fraction of sp³-hybridized carbons (Fsp3) is 0.833. The number of carbonyl (C=O) groups is 1. The van der Waals surface area contributed by atoms with Crippen LogP contribution >= 0.6 is 0 Å². The van der Waals surface area contributed by atoms with E-state index in [0.29, 0.717) is 26.1 Å². The van der Waals surface area contributed by atoms with Crippen molar-refractivity contribution >= 4 is 6.29 Å². The molecular formula is C6H10O4.